The molecule has 6 nitrogen and oxygen atoms in total. The summed E-state index contributed by atoms with van der Waals surface area (Å²) in [5.74, 6) is 0.453. The first-order chi connectivity index (χ1) is 14.1. The van der Waals surface area contributed by atoms with E-state index in [0.717, 1.165) is 18.2 Å². The highest BCUT2D eigenvalue weighted by Gasteiger charge is 2.35. The van der Waals surface area contributed by atoms with Crippen LogP contribution in [0.2, 0.25) is 0 Å². The molecule has 0 aliphatic rings. The number of ether oxygens (including phenoxy) is 1. The van der Waals surface area contributed by atoms with E-state index in [0.29, 0.717) is 25.9 Å². The number of benzene rings is 2. The molecule has 0 saturated heterocycles. The number of aromatic nitrogens is 2. The zero-order chi connectivity index (χ0) is 22.1. The van der Waals surface area contributed by atoms with Crippen molar-refractivity contribution in [3.63, 3.8) is 0 Å². The van der Waals surface area contributed by atoms with Crippen molar-refractivity contribution in [2.45, 2.75) is 12.8 Å². The van der Waals surface area contributed by atoms with E-state index in [1.54, 1.807) is 12.1 Å². The zero-order valence-electron chi connectivity index (χ0n) is 15.6. The van der Waals surface area contributed by atoms with Crippen LogP contribution >= 0.6 is 12.2 Å². The Kier molecular flexibility index (Phi) is 5.79. The van der Waals surface area contributed by atoms with E-state index in [1.165, 1.54) is 24.3 Å². The molecule has 0 amide bonds. The third kappa shape index (κ3) is 4.43. The number of hydrogen-bond acceptors (Lipinski definition) is 4. The fourth-order valence-electron chi connectivity index (χ4n) is 2.76. The Morgan fingerprint density at radius 2 is 1.67 bits per heavy atom. The molecule has 0 unspecified atom stereocenters. The maximum atomic E-state index is 12.9. The van der Waals surface area contributed by atoms with Crippen LogP contribution in [0.5, 0.6) is 5.75 Å². The van der Waals surface area contributed by atoms with E-state index in [9.17, 15) is 22.8 Å². The van der Waals surface area contributed by atoms with Crippen LogP contribution in [0.3, 0.4) is 0 Å². The van der Waals surface area contributed by atoms with Crippen molar-refractivity contribution in [2.24, 2.45) is 12.8 Å². The van der Waals surface area contributed by atoms with Crippen molar-refractivity contribution in [1.82, 2.24) is 9.13 Å². The normalized spacial score (nSPS) is 11.3. The lowest BCUT2D eigenvalue weighted by molar-refractivity contribution is -0.144. The molecule has 2 N–H and O–H groups in total. The summed E-state index contributed by atoms with van der Waals surface area (Å²) >= 11 is 4.89. The molecule has 30 heavy (non-hydrogen) atoms. The Balaban J connectivity index is 1.81. The highest BCUT2D eigenvalue weighted by Crippen LogP contribution is 2.27. The van der Waals surface area contributed by atoms with E-state index in [4.69, 9.17) is 22.7 Å². The molecule has 1 aromatic heterocycles. The van der Waals surface area contributed by atoms with Crippen LogP contribution in [0.25, 0.3) is 5.69 Å². The highest BCUT2D eigenvalue weighted by atomic mass is 32.1. The summed E-state index contributed by atoms with van der Waals surface area (Å²) in [5.41, 5.74) is 3.80. The Labute approximate surface area is 173 Å². The Morgan fingerprint density at radius 3 is 2.20 bits per heavy atom. The molecule has 10 heteroatoms. The van der Waals surface area contributed by atoms with Gasteiger partial charge < -0.3 is 10.5 Å². The second-order valence-electron chi connectivity index (χ2n) is 6.39. The van der Waals surface area contributed by atoms with E-state index < -0.39 is 23.1 Å². The number of halogens is 3. The first-order valence-corrected chi connectivity index (χ1v) is 9.01. The molecule has 156 valence electrons. The number of rotatable bonds is 5. The summed E-state index contributed by atoms with van der Waals surface area (Å²) < 4.78 is 45.5. The number of nitrogens with two attached hydrogens (primary N) is 1. The second kappa shape index (κ2) is 8.15. The Morgan fingerprint density at radius 1 is 1.07 bits per heavy atom. The van der Waals surface area contributed by atoms with Crippen molar-refractivity contribution >= 4 is 17.2 Å². The van der Waals surface area contributed by atoms with Gasteiger partial charge >= 0.3 is 11.9 Å². The van der Waals surface area contributed by atoms with Gasteiger partial charge in [0.05, 0.1) is 5.69 Å². The highest BCUT2D eigenvalue weighted by molar-refractivity contribution is 7.80. The summed E-state index contributed by atoms with van der Waals surface area (Å²) in [7, 11) is 0.960. The van der Waals surface area contributed by atoms with Gasteiger partial charge in [-0.2, -0.15) is 13.2 Å². The van der Waals surface area contributed by atoms with Crippen LogP contribution in [0.4, 0.5) is 13.2 Å². The fourth-order valence-corrected chi connectivity index (χ4v) is 2.89. The average molecular weight is 435 g/mol. The molecule has 0 aliphatic heterocycles. The van der Waals surface area contributed by atoms with Crippen LogP contribution < -0.4 is 21.7 Å². The van der Waals surface area contributed by atoms with Gasteiger partial charge in [0.25, 0.3) is 5.56 Å². The molecular weight excluding hydrogens is 419 g/mol. The molecule has 3 rings (SSSR count). The summed E-state index contributed by atoms with van der Waals surface area (Å²) in [5, 5.41) is 0. The van der Waals surface area contributed by atoms with Crippen molar-refractivity contribution < 1.29 is 17.9 Å². The fraction of sp³-hybridized carbons (Fsp3) is 0.150. The summed E-state index contributed by atoms with van der Waals surface area (Å²) in [6, 6.07) is 13.4. The average Bonchev–Trinajstić information content (AvgIpc) is 2.69. The molecule has 0 saturated carbocycles. The lowest BCUT2D eigenvalue weighted by Gasteiger charge is -2.14. The molecular formula is C20H16F3N3O3S. The summed E-state index contributed by atoms with van der Waals surface area (Å²) in [6.07, 6.45) is -4.81. The van der Waals surface area contributed by atoms with Gasteiger partial charge in [0, 0.05) is 18.7 Å². The van der Waals surface area contributed by atoms with Crippen LogP contribution in [-0.2, 0) is 19.8 Å². The van der Waals surface area contributed by atoms with Gasteiger partial charge in [-0.05, 0) is 29.8 Å². The maximum absolute atomic E-state index is 12.9. The van der Waals surface area contributed by atoms with Gasteiger partial charge in [0.15, 0.2) is 0 Å². The molecule has 0 spiro atoms. The minimum absolute atomic E-state index is 0.127. The maximum Gasteiger partial charge on any atom is 0.431 e. The largest absolute Gasteiger partial charge is 0.489 e. The summed E-state index contributed by atoms with van der Waals surface area (Å²) in [6.45, 7) is 0.249. The Hall–Kier alpha value is -3.40. The second-order valence-corrected chi connectivity index (χ2v) is 6.83. The molecule has 0 radical (unpaired) electrons. The van der Waals surface area contributed by atoms with Crippen LogP contribution in [0, 0.1) is 0 Å². The number of alkyl halides is 3. The molecule has 0 bridgehead atoms. The lowest BCUT2D eigenvalue weighted by atomic mass is 10.1. The van der Waals surface area contributed by atoms with Crippen molar-refractivity contribution in [3.8, 4) is 11.4 Å². The van der Waals surface area contributed by atoms with Crippen molar-refractivity contribution in [1.29, 1.82) is 0 Å². The topological polar surface area (TPSA) is 79.2 Å². The first kappa shape index (κ1) is 21.3. The van der Waals surface area contributed by atoms with Crippen LogP contribution in [-0.4, -0.2) is 14.1 Å². The van der Waals surface area contributed by atoms with Gasteiger partial charge in [0.1, 0.15) is 23.0 Å². The molecule has 0 atom stereocenters. The van der Waals surface area contributed by atoms with Crippen molar-refractivity contribution in [2.75, 3.05) is 0 Å². The number of hydrogen-bond donors (Lipinski definition) is 1. The molecule has 1 heterocycles. The third-order valence-electron chi connectivity index (χ3n) is 4.35. The first-order valence-electron chi connectivity index (χ1n) is 8.60. The number of thiocarbonyl (C=S) groups is 1. The minimum Gasteiger partial charge on any atom is -0.489 e. The quantitative estimate of drug-likeness (QED) is 0.624. The SMILES string of the molecule is Cn1c(C(F)(F)F)cc(=O)n(-c2ccc(OCc3ccc(C(N)=S)cc3)cc2)c1=O. The smallest absolute Gasteiger partial charge is 0.431 e. The summed E-state index contributed by atoms with van der Waals surface area (Å²) in [4.78, 5) is 24.7. The van der Waals surface area contributed by atoms with Crippen molar-refractivity contribution in [3.05, 3.63) is 92.3 Å². The van der Waals surface area contributed by atoms with Gasteiger partial charge in [-0.1, -0.05) is 36.5 Å². The van der Waals surface area contributed by atoms with Gasteiger partial charge in [-0.15, -0.1) is 0 Å². The molecule has 2 aromatic carbocycles. The van der Waals surface area contributed by atoms with E-state index in [-0.39, 0.29) is 12.3 Å². The van der Waals surface area contributed by atoms with Gasteiger partial charge in [0.2, 0.25) is 0 Å². The van der Waals surface area contributed by atoms with E-state index in [2.05, 4.69) is 0 Å². The predicted molar refractivity (Wildman–Crippen MR) is 109 cm³/mol. The van der Waals surface area contributed by atoms with Gasteiger partial charge in [-0.25, -0.2) is 9.36 Å². The standard InChI is InChI=1S/C20H16F3N3O3S/c1-25-16(20(21,22)23)10-17(27)26(19(25)28)14-6-8-15(9-7-14)29-11-12-2-4-13(5-3-12)18(24)30/h2-10H,11H2,1H3,(H2,24,30). The lowest BCUT2D eigenvalue weighted by Crippen LogP contribution is -2.40. The van der Waals surface area contributed by atoms with Crippen LogP contribution in [0.1, 0.15) is 16.8 Å². The minimum atomic E-state index is -4.81. The zero-order valence-corrected chi connectivity index (χ0v) is 16.5. The third-order valence-corrected chi connectivity index (χ3v) is 4.59. The molecule has 0 aliphatic carbocycles. The van der Waals surface area contributed by atoms with E-state index >= 15 is 0 Å². The van der Waals surface area contributed by atoms with Crippen LogP contribution in [0.15, 0.2) is 64.2 Å². The molecule has 3 aromatic rings. The molecule has 0 fully saturated rings. The number of nitrogens with zero attached hydrogens (tertiary/aromatic N) is 2. The predicted octanol–water partition coefficient (Wildman–Crippen LogP) is 2.77. The monoisotopic (exact) mass is 435 g/mol. The van der Waals surface area contributed by atoms with E-state index in [1.807, 2.05) is 12.1 Å². The Bertz CT molecular complexity index is 1200. The van der Waals surface area contributed by atoms with Gasteiger partial charge in [-0.3, -0.25) is 9.36 Å².